The Morgan fingerprint density at radius 2 is 1.12 bits per heavy atom. The highest BCUT2D eigenvalue weighted by Crippen LogP contribution is 2.15. The van der Waals surface area contributed by atoms with Crippen molar-refractivity contribution in [3.63, 3.8) is 0 Å². The maximum absolute atomic E-state index is 8.47. The van der Waals surface area contributed by atoms with Gasteiger partial charge in [-0.25, -0.2) is 0 Å². The van der Waals surface area contributed by atoms with Crippen LogP contribution in [0.25, 0.3) is 0 Å². The van der Waals surface area contributed by atoms with Gasteiger partial charge in [-0.3, -0.25) is 32.1 Å². The lowest BCUT2D eigenvalue weighted by Crippen LogP contribution is -1.90. The topological polar surface area (TPSA) is 96.8 Å². The van der Waals surface area contributed by atoms with E-state index in [9.17, 15) is 0 Å². The van der Waals surface area contributed by atoms with E-state index in [1.807, 2.05) is 79.1 Å². The van der Waals surface area contributed by atoms with Gasteiger partial charge in [0, 0.05) is 3.57 Å². The van der Waals surface area contributed by atoms with Gasteiger partial charge >= 0.3 is 0 Å². The van der Waals surface area contributed by atoms with Crippen LogP contribution in [0, 0.1) is 10.5 Å². The predicted molar refractivity (Wildman–Crippen MR) is 113 cm³/mol. The molecule has 0 aliphatic rings. The quantitative estimate of drug-likeness (QED) is 0.229. The van der Waals surface area contributed by atoms with Gasteiger partial charge in [0.1, 0.15) is 0 Å². The Bertz CT molecular complexity index is 712. The van der Waals surface area contributed by atoms with Gasteiger partial charge < -0.3 is 0 Å². The minimum absolute atomic E-state index is 0.715. The molecule has 138 valence electrons. The number of para-hydroxylation sites is 3. The third-order valence-corrected chi connectivity index (χ3v) is 4.10. The fourth-order valence-corrected chi connectivity index (χ4v) is 2.27. The molecule has 7 heteroatoms. The second-order valence-corrected chi connectivity index (χ2v) is 6.16. The molecule has 26 heavy (non-hydrogen) atoms. The molecule has 0 aliphatic carbocycles. The molecular formula is C19H22IN3O3. The molecule has 0 aromatic heterocycles. The smallest absolute Gasteiger partial charge is 0.0735 e. The molecule has 0 bridgehead atoms. The van der Waals surface area contributed by atoms with Crippen LogP contribution in [0.15, 0.2) is 78.9 Å². The van der Waals surface area contributed by atoms with Crippen LogP contribution in [0.2, 0.25) is 0 Å². The number of benzene rings is 3. The highest BCUT2D eigenvalue weighted by molar-refractivity contribution is 14.1. The van der Waals surface area contributed by atoms with Gasteiger partial charge in [-0.1, -0.05) is 48.5 Å². The Hall–Kier alpha value is -2.33. The van der Waals surface area contributed by atoms with Crippen molar-refractivity contribution in [2.24, 2.45) is 0 Å². The van der Waals surface area contributed by atoms with E-state index in [0.717, 1.165) is 20.5 Å². The van der Waals surface area contributed by atoms with Crippen LogP contribution >= 0.6 is 22.6 Å². The first-order chi connectivity index (χ1) is 12.6. The molecule has 6 N–H and O–H groups in total. The van der Waals surface area contributed by atoms with Crippen LogP contribution < -0.4 is 16.4 Å². The lowest BCUT2D eigenvalue weighted by atomic mass is 10.2. The van der Waals surface area contributed by atoms with Gasteiger partial charge in [0.05, 0.1) is 17.1 Å². The molecule has 0 saturated carbocycles. The van der Waals surface area contributed by atoms with Gasteiger partial charge in [0.2, 0.25) is 0 Å². The highest BCUT2D eigenvalue weighted by atomic mass is 127. The maximum Gasteiger partial charge on any atom is 0.0735 e. The summed E-state index contributed by atoms with van der Waals surface area (Å²) in [5, 5.41) is 25.2. The lowest BCUT2D eigenvalue weighted by Gasteiger charge is -1.99. The molecule has 0 unspecified atom stereocenters. The van der Waals surface area contributed by atoms with E-state index in [-0.39, 0.29) is 0 Å². The van der Waals surface area contributed by atoms with Crippen LogP contribution in [0.5, 0.6) is 0 Å². The molecule has 0 aliphatic heterocycles. The zero-order valence-corrected chi connectivity index (χ0v) is 16.4. The number of anilines is 3. The summed E-state index contributed by atoms with van der Waals surface area (Å²) in [6.07, 6.45) is 0. The summed E-state index contributed by atoms with van der Waals surface area (Å²) in [6.45, 7) is 1.93. The van der Waals surface area contributed by atoms with E-state index < -0.39 is 0 Å². The van der Waals surface area contributed by atoms with E-state index >= 15 is 0 Å². The minimum Gasteiger partial charge on any atom is -0.291 e. The number of nitrogens with one attached hydrogen (secondary N) is 3. The molecule has 0 amide bonds. The molecule has 0 saturated heterocycles. The molecular weight excluding hydrogens is 445 g/mol. The molecule has 3 aromatic rings. The average molecular weight is 467 g/mol. The summed E-state index contributed by atoms with van der Waals surface area (Å²) in [5.74, 6) is 0. The summed E-state index contributed by atoms with van der Waals surface area (Å²) in [5.41, 5.74) is 9.48. The van der Waals surface area contributed by atoms with Crippen molar-refractivity contribution >= 4 is 39.7 Å². The number of hydrogen-bond acceptors (Lipinski definition) is 6. The fourth-order valence-electron chi connectivity index (χ4n) is 1.76. The van der Waals surface area contributed by atoms with Crippen molar-refractivity contribution in [2.45, 2.75) is 6.92 Å². The normalized spacial score (nSPS) is 8.96. The molecule has 0 heterocycles. The van der Waals surface area contributed by atoms with Crippen LogP contribution in [0.1, 0.15) is 5.56 Å². The third kappa shape index (κ3) is 8.17. The molecule has 0 radical (unpaired) electrons. The summed E-state index contributed by atoms with van der Waals surface area (Å²) in [4.78, 5) is 0. The van der Waals surface area contributed by atoms with Crippen LogP contribution in [-0.4, -0.2) is 15.6 Å². The Balaban J connectivity index is 0.000000195. The number of rotatable bonds is 3. The zero-order chi connectivity index (χ0) is 19.2. The summed E-state index contributed by atoms with van der Waals surface area (Å²) in [7, 11) is 0. The van der Waals surface area contributed by atoms with Gasteiger partial charge in [0.15, 0.2) is 0 Å². The van der Waals surface area contributed by atoms with Gasteiger partial charge in [-0.05, 0) is 65.4 Å². The highest BCUT2D eigenvalue weighted by Gasteiger charge is 1.92. The van der Waals surface area contributed by atoms with Crippen LogP contribution in [0.3, 0.4) is 0 Å². The summed E-state index contributed by atoms with van der Waals surface area (Å²) >= 11 is 2.14. The Labute approximate surface area is 166 Å². The average Bonchev–Trinajstić information content (AvgIpc) is 2.70. The second-order valence-electron chi connectivity index (χ2n) is 5.00. The largest absolute Gasteiger partial charge is 0.291 e. The molecule has 3 aromatic carbocycles. The van der Waals surface area contributed by atoms with Crippen LogP contribution in [0.4, 0.5) is 17.1 Å². The van der Waals surface area contributed by atoms with Crippen molar-refractivity contribution in [2.75, 3.05) is 16.4 Å². The molecule has 3 rings (SSSR count). The van der Waals surface area contributed by atoms with E-state index in [1.165, 1.54) is 0 Å². The van der Waals surface area contributed by atoms with Gasteiger partial charge in [0.25, 0.3) is 0 Å². The van der Waals surface area contributed by atoms with E-state index in [2.05, 4.69) is 33.6 Å². The maximum atomic E-state index is 8.47. The molecule has 0 atom stereocenters. The lowest BCUT2D eigenvalue weighted by molar-refractivity contribution is 0.388. The van der Waals surface area contributed by atoms with E-state index in [1.54, 1.807) is 12.1 Å². The molecule has 0 fully saturated rings. The van der Waals surface area contributed by atoms with Crippen molar-refractivity contribution in [1.82, 2.24) is 0 Å². The predicted octanol–water partition coefficient (Wildman–Crippen LogP) is 5.38. The first-order valence-electron chi connectivity index (χ1n) is 7.68. The second kappa shape index (κ2) is 13.0. The minimum atomic E-state index is 0.715. The SMILES string of the molecule is Cc1ccccc1NO.ONc1ccccc1.ONc1ccccc1I. The van der Waals surface area contributed by atoms with E-state index in [4.69, 9.17) is 15.6 Å². The monoisotopic (exact) mass is 467 g/mol. The summed E-state index contributed by atoms with van der Waals surface area (Å²) < 4.78 is 1.01. The zero-order valence-electron chi connectivity index (χ0n) is 14.2. The van der Waals surface area contributed by atoms with Crippen molar-refractivity contribution in [1.29, 1.82) is 0 Å². The first-order valence-corrected chi connectivity index (χ1v) is 8.75. The number of hydrogen-bond donors (Lipinski definition) is 6. The number of halogens is 1. The van der Waals surface area contributed by atoms with Crippen molar-refractivity contribution < 1.29 is 15.6 Å². The van der Waals surface area contributed by atoms with Crippen LogP contribution in [-0.2, 0) is 0 Å². The number of aryl methyl sites for hydroxylation is 1. The standard InChI is InChI=1S/C7H9NO.C6H6INO.C6H7NO/c1-6-4-2-3-5-7(6)8-9;7-5-3-1-2-4-6(5)8-9;8-7-6-4-2-1-3-5-6/h2-5,8-9H,1H3;1-4,8-9H;1-5,7-8H. The van der Waals surface area contributed by atoms with Crippen molar-refractivity contribution in [3.05, 3.63) is 88.0 Å². The molecule has 0 spiro atoms. The summed E-state index contributed by atoms with van der Waals surface area (Å²) in [6, 6.07) is 24.2. The fraction of sp³-hybridized carbons (Fsp3) is 0.0526. The first kappa shape index (κ1) is 21.7. The third-order valence-electron chi connectivity index (χ3n) is 3.16. The molecule has 6 nitrogen and oxygen atoms in total. The Morgan fingerprint density at radius 3 is 1.50 bits per heavy atom. The van der Waals surface area contributed by atoms with E-state index in [0.29, 0.717) is 5.69 Å². The van der Waals surface area contributed by atoms with Crippen molar-refractivity contribution in [3.8, 4) is 0 Å². The Morgan fingerprint density at radius 1 is 0.615 bits per heavy atom. The van der Waals surface area contributed by atoms with Gasteiger partial charge in [-0.2, -0.15) is 0 Å². The van der Waals surface area contributed by atoms with Gasteiger partial charge in [-0.15, -0.1) is 0 Å². The Kier molecular flexibility index (Phi) is 10.8.